The van der Waals surface area contributed by atoms with Crippen molar-refractivity contribution in [3.63, 3.8) is 0 Å². The number of para-hydroxylation sites is 1. The zero-order chi connectivity index (χ0) is 20.6. The summed E-state index contributed by atoms with van der Waals surface area (Å²) >= 11 is 0. The van der Waals surface area contributed by atoms with Crippen LogP contribution in [0.1, 0.15) is 54.4 Å². The van der Waals surface area contributed by atoms with Crippen LogP contribution in [0.5, 0.6) is 0 Å². The van der Waals surface area contributed by atoms with Crippen molar-refractivity contribution >= 4 is 17.5 Å². The van der Waals surface area contributed by atoms with Gasteiger partial charge in [0.25, 0.3) is 5.91 Å². The van der Waals surface area contributed by atoms with Gasteiger partial charge in [0.2, 0.25) is 11.8 Å². The zero-order valence-corrected chi connectivity index (χ0v) is 16.5. The molecule has 0 saturated heterocycles. The molecule has 3 aromatic rings. The minimum absolute atomic E-state index is 0.0867. The highest BCUT2D eigenvalue weighted by Crippen LogP contribution is 2.40. The summed E-state index contributed by atoms with van der Waals surface area (Å²) in [6, 6.07) is 16.4. The normalized spacial score (nSPS) is 15.8. The summed E-state index contributed by atoms with van der Waals surface area (Å²) in [5.74, 6) is 0.404. The maximum atomic E-state index is 12.5. The van der Waals surface area contributed by atoms with Crippen molar-refractivity contribution in [2.45, 2.75) is 38.8 Å². The minimum atomic E-state index is -0.846. The van der Waals surface area contributed by atoms with Gasteiger partial charge in [0.15, 0.2) is 5.82 Å². The van der Waals surface area contributed by atoms with E-state index in [4.69, 9.17) is 4.52 Å². The molecule has 0 bridgehead atoms. The molecule has 1 aromatic heterocycles. The number of anilines is 1. The highest BCUT2D eigenvalue weighted by molar-refractivity contribution is 5.95. The molecule has 4 rings (SSSR count). The highest BCUT2D eigenvalue weighted by atomic mass is 16.5. The van der Waals surface area contributed by atoms with Gasteiger partial charge in [0, 0.05) is 24.6 Å². The first kappa shape index (κ1) is 18.9. The largest absolute Gasteiger partial charge is 0.340 e. The van der Waals surface area contributed by atoms with E-state index in [1.54, 1.807) is 17.0 Å². The fraction of sp³-hybridized carbons (Fsp3) is 0.273. The van der Waals surface area contributed by atoms with Crippen molar-refractivity contribution in [3.05, 3.63) is 77.4 Å². The number of carbonyl (C=O) groups is 2. The number of amides is 2. The van der Waals surface area contributed by atoms with E-state index < -0.39 is 5.54 Å². The molecule has 1 aliphatic rings. The molecule has 0 spiro atoms. The van der Waals surface area contributed by atoms with Gasteiger partial charge in [-0.15, -0.1) is 0 Å². The number of rotatable bonds is 4. The van der Waals surface area contributed by atoms with Crippen LogP contribution in [-0.2, 0) is 16.8 Å². The average Bonchev–Trinajstić information content (AvgIpc) is 3.33. The molecule has 2 aromatic carbocycles. The van der Waals surface area contributed by atoms with Gasteiger partial charge in [-0.05, 0) is 37.6 Å². The van der Waals surface area contributed by atoms with Crippen LogP contribution in [0.3, 0.4) is 0 Å². The second-order valence-corrected chi connectivity index (χ2v) is 7.64. The lowest BCUT2D eigenvalue weighted by molar-refractivity contribution is -0.117. The highest BCUT2D eigenvalue weighted by Gasteiger charge is 2.38. The molecule has 2 amide bonds. The SMILES string of the molecule is CC(=O)N1c2ccccc2C[C@H]1c1nc(C(C)(C)NC(=O)c2ccccc2)no1. The molecule has 29 heavy (non-hydrogen) atoms. The monoisotopic (exact) mass is 390 g/mol. The molecule has 7 nitrogen and oxygen atoms in total. The predicted molar refractivity (Wildman–Crippen MR) is 107 cm³/mol. The number of nitrogens with zero attached hydrogens (tertiary/aromatic N) is 3. The lowest BCUT2D eigenvalue weighted by atomic mass is 10.0. The van der Waals surface area contributed by atoms with Gasteiger partial charge >= 0.3 is 0 Å². The van der Waals surface area contributed by atoms with Gasteiger partial charge in [-0.3, -0.25) is 14.5 Å². The maximum absolute atomic E-state index is 12.5. The van der Waals surface area contributed by atoms with Gasteiger partial charge in [0.05, 0.1) is 5.54 Å². The van der Waals surface area contributed by atoms with Gasteiger partial charge in [-0.25, -0.2) is 0 Å². The van der Waals surface area contributed by atoms with Gasteiger partial charge in [-0.1, -0.05) is 41.6 Å². The molecular weight excluding hydrogens is 368 g/mol. The molecule has 1 aliphatic heterocycles. The first-order chi connectivity index (χ1) is 13.9. The van der Waals surface area contributed by atoms with Crippen LogP contribution in [0.4, 0.5) is 5.69 Å². The van der Waals surface area contributed by atoms with E-state index in [2.05, 4.69) is 15.5 Å². The lowest BCUT2D eigenvalue weighted by Gasteiger charge is -2.23. The first-order valence-corrected chi connectivity index (χ1v) is 9.46. The topological polar surface area (TPSA) is 88.3 Å². The van der Waals surface area contributed by atoms with E-state index in [1.165, 1.54) is 6.92 Å². The summed E-state index contributed by atoms with van der Waals surface area (Å²) in [4.78, 5) is 31.0. The molecule has 7 heteroatoms. The van der Waals surface area contributed by atoms with Crippen molar-refractivity contribution in [2.24, 2.45) is 0 Å². The summed E-state index contributed by atoms with van der Waals surface area (Å²) in [5.41, 5.74) is 1.63. The Morgan fingerprint density at radius 1 is 1.10 bits per heavy atom. The van der Waals surface area contributed by atoms with E-state index in [-0.39, 0.29) is 17.9 Å². The van der Waals surface area contributed by atoms with Crippen LogP contribution in [0.25, 0.3) is 0 Å². The average molecular weight is 390 g/mol. The van der Waals surface area contributed by atoms with Gasteiger partial charge < -0.3 is 9.84 Å². The molecule has 0 saturated carbocycles. The number of aromatic nitrogens is 2. The van der Waals surface area contributed by atoms with Crippen LogP contribution in [0.2, 0.25) is 0 Å². The second kappa shape index (κ2) is 7.16. The minimum Gasteiger partial charge on any atom is -0.340 e. The Morgan fingerprint density at radius 3 is 2.52 bits per heavy atom. The Hall–Kier alpha value is -3.48. The van der Waals surface area contributed by atoms with Crippen LogP contribution in [0.15, 0.2) is 59.1 Å². The summed E-state index contributed by atoms with van der Waals surface area (Å²) in [7, 11) is 0. The first-order valence-electron chi connectivity index (χ1n) is 9.46. The lowest BCUT2D eigenvalue weighted by Crippen LogP contribution is -2.42. The molecule has 0 aliphatic carbocycles. The van der Waals surface area contributed by atoms with E-state index in [9.17, 15) is 9.59 Å². The van der Waals surface area contributed by atoms with E-state index in [0.29, 0.717) is 23.7 Å². The number of nitrogens with one attached hydrogen (secondary N) is 1. The molecular formula is C22H22N4O3. The third-order valence-corrected chi connectivity index (χ3v) is 5.06. The Balaban J connectivity index is 1.58. The third-order valence-electron chi connectivity index (χ3n) is 5.06. The van der Waals surface area contributed by atoms with Crippen molar-refractivity contribution in [1.82, 2.24) is 15.5 Å². The summed E-state index contributed by atoms with van der Waals surface area (Å²) in [5, 5.41) is 7.04. The van der Waals surface area contributed by atoms with E-state index in [1.807, 2.05) is 56.3 Å². The third kappa shape index (κ3) is 3.51. The Labute approximate surface area is 168 Å². The van der Waals surface area contributed by atoms with Crippen molar-refractivity contribution in [2.75, 3.05) is 4.90 Å². The smallest absolute Gasteiger partial charge is 0.252 e. The maximum Gasteiger partial charge on any atom is 0.252 e. The molecule has 0 fully saturated rings. The van der Waals surface area contributed by atoms with Crippen LogP contribution in [-0.4, -0.2) is 22.0 Å². The fourth-order valence-electron chi connectivity index (χ4n) is 3.60. The summed E-state index contributed by atoms with van der Waals surface area (Å²) in [6.45, 7) is 5.15. The molecule has 148 valence electrons. The predicted octanol–water partition coefficient (Wildman–Crippen LogP) is 3.39. The van der Waals surface area contributed by atoms with E-state index >= 15 is 0 Å². The quantitative estimate of drug-likeness (QED) is 0.738. The Morgan fingerprint density at radius 2 is 1.79 bits per heavy atom. The second-order valence-electron chi connectivity index (χ2n) is 7.64. The number of benzene rings is 2. The standard InChI is InChI=1S/C22H22N4O3/c1-14(27)26-17-12-8-7-11-16(17)13-18(26)20-23-21(25-29-20)22(2,3)24-19(28)15-9-5-4-6-10-15/h4-12,18H,13H2,1-3H3,(H,24,28)/t18-/m0/s1. The zero-order valence-electron chi connectivity index (χ0n) is 16.5. The van der Waals surface area contributed by atoms with E-state index in [0.717, 1.165) is 11.3 Å². The van der Waals surface area contributed by atoms with Crippen LogP contribution >= 0.6 is 0 Å². The van der Waals surface area contributed by atoms with Gasteiger partial charge in [-0.2, -0.15) is 4.98 Å². The molecule has 0 radical (unpaired) electrons. The summed E-state index contributed by atoms with van der Waals surface area (Å²) < 4.78 is 5.53. The Kier molecular flexibility index (Phi) is 4.66. The van der Waals surface area contributed by atoms with Crippen LogP contribution in [0, 0.1) is 0 Å². The van der Waals surface area contributed by atoms with Crippen molar-refractivity contribution < 1.29 is 14.1 Å². The Bertz CT molecular complexity index is 1060. The van der Waals surface area contributed by atoms with Crippen molar-refractivity contribution in [3.8, 4) is 0 Å². The molecule has 2 heterocycles. The number of fused-ring (bicyclic) bond motifs is 1. The number of hydrogen-bond acceptors (Lipinski definition) is 5. The summed E-state index contributed by atoms with van der Waals surface area (Å²) in [6.07, 6.45) is 0.605. The fourth-order valence-corrected chi connectivity index (χ4v) is 3.60. The van der Waals surface area contributed by atoms with Crippen molar-refractivity contribution in [1.29, 1.82) is 0 Å². The van der Waals surface area contributed by atoms with Gasteiger partial charge in [0.1, 0.15) is 6.04 Å². The molecule has 0 unspecified atom stereocenters. The molecule has 1 atom stereocenters. The molecule has 1 N–H and O–H groups in total. The number of hydrogen-bond donors (Lipinski definition) is 1. The number of carbonyl (C=O) groups excluding carboxylic acids is 2. The van der Waals surface area contributed by atoms with Crippen LogP contribution < -0.4 is 10.2 Å².